The van der Waals surface area contributed by atoms with Gasteiger partial charge in [0.15, 0.2) is 0 Å². The highest BCUT2D eigenvalue weighted by Gasteiger charge is 2.36. The lowest BCUT2D eigenvalue weighted by Gasteiger charge is -2.42. The molecule has 35 heavy (non-hydrogen) atoms. The molecule has 1 heterocycles. The second-order valence-electron chi connectivity index (χ2n) is 9.26. The molecule has 0 fully saturated rings. The summed E-state index contributed by atoms with van der Waals surface area (Å²) >= 11 is 0. The number of rotatable bonds is 1. The maximum atomic E-state index is 7.03. The lowest BCUT2D eigenvalue weighted by atomic mass is 9.73. The molecule has 4 heteroatoms. The first-order chi connectivity index (χ1) is 16.9. The Bertz CT molecular complexity index is 1450. The van der Waals surface area contributed by atoms with Crippen LogP contribution in [-0.2, 0) is 5.41 Å². The monoisotopic (exact) mass is 456 g/mol. The van der Waals surface area contributed by atoms with Crippen molar-refractivity contribution in [1.82, 2.24) is 0 Å². The van der Waals surface area contributed by atoms with Crippen molar-refractivity contribution < 1.29 is 0 Å². The fourth-order valence-corrected chi connectivity index (χ4v) is 4.91. The van der Waals surface area contributed by atoms with Crippen LogP contribution in [0.25, 0.3) is 10.8 Å². The van der Waals surface area contributed by atoms with Crippen molar-refractivity contribution in [2.45, 2.75) is 19.3 Å². The maximum absolute atomic E-state index is 7.03. The van der Waals surface area contributed by atoms with Gasteiger partial charge in [-0.05, 0) is 47.5 Å². The summed E-state index contributed by atoms with van der Waals surface area (Å²) in [5.41, 5.74) is 13.9. The Balaban J connectivity index is 0.000000271. The van der Waals surface area contributed by atoms with Crippen LogP contribution in [0.2, 0.25) is 0 Å². The maximum Gasteiger partial charge on any atom is 0.0789 e. The molecule has 0 radical (unpaired) electrons. The number of allylic oxidation sites excluding steroid dienone is 4. The summed E-state index contributed by atoms with van der Waals surface area (Å²) in [6, 6.07) is 30.0. The smallest absolute Gasteiger partial charge is 0.0789 e. The first kappa shape index (κ1) is 22.4. The van der Waals surface area contributed by atoms with Crippen LogP contribution in [0.1, 0.15) is 25.0 Å². The molecular formula is C31H28N4. The summed E-state index contributed by atoms with van der Waals surface area (Å²) in [7, 11) is 0. The Labute approximate surface area is 206 Å². The third-order valence-corrected chi connectivity index (χ3v) is 6.74. The summed E-state index contributed by atoms with van der Waals surface area (Å²) in [6.45, 7) is 4.62. The Morgan fingerprint density at radius 3 is 1.63 bits per heavy atom. The lowest BCUT2D eigenvalue weighted by Crippen LogP contribution is -2.30. The van der Waals surface area contributed by atoms with Crippen molar-refractivity contribution in [2.75, 3.05) is 10.6 Å². The van der Waals surface area contributed by atoms with Gasteiger partial charge in [0.1, 0.15) is 0 Å². The van der Waals surface area contributed by atoms with Crippen LogP contribution in [0.4, 0.5) is 22.7 Å². The summed E-state index contributed by atoms with van der Waals surface area (Å²) in [4.78, 5) is 2.39. The molecule has 4 aromatic rings. The molecule has 1 aliphatic carbocycles. The number of nitrogens with one attached hydrogen (secondary N) is 2. The molecule has 0 saturated heterocycles. The van der Waals surface area contributed by atoms with E-state index in [1.165, 1.54) is 27.9 Å². The first-order valence-electron chi connectivity index (χ1n) is 11.7. The summed E-state index contributed by atoms with van der Waals surface area (Å²) < 4.78 is 0. The molecule has 0 saturated carbocycles. The van der Waals surface area contributed by atoms with Crippen LogP contribution in [0.15, 0.2) is 109 Å². The van der Waals surface area contributed by atoms with Crippen molar-refractivity contribution in [3.05, 3.63) is 120 Å². The molecule has 0 spiro atoms. The average molecular weight is 457 g/mol. The van der Waals surface area contributed by atoms with Crippen LogP contribution >= 0.6 is 0 Å². The highest BCUT2D eigenvalue weighted by atomic mass is 15.2. The van der Waals surface area contributed by atoms with E-state index in [2.05, 4.69) is 91.5 Å². The summed E-state index contributed by atoms with van der Waals surface area (Å²) in [5, 5.41) is 16.3. The van der Waals surface area contributed by atoms with Gasteiger partial charge in [-0.2, -0.15) is 0 Å². The molecular weight excluding hydrogens is 428 g/mol. The fraction of sp³-hybridized carbons (Fsp3) is 0.0968. The average Bonchev–Trinajstić information content (AvgIpc) is 2.88. The summed E-state index contributed by atoms with van der Waals surface area (Å²) in [5.74, 6) is 0. The zero-order valence-electron chi connectivity index (χ0n) is 19.9. The van der Waals surface area contributed by atoms with E-state index >= 15 is 0 Å². The predicted octanol–water partition coefficient (Wildman–Crippen LogP) is 7.68. The van der Waals surface area contributed by atoms with Gasteiger partial charge in [-0.15, -0.1) is 0 Å². The third kappa shape index (κ3) is 3.83. The van der Waals surface area contributed by atoms with Gasteiger partial charge in [0, 0.05) is 21.9 Å². The molecule has 4 N–H and O–H groups in total. The van der Waals surface area contributed by atoms with Crippen molar-refractivity contribution in [3.8, 4) is 0 Å². The Morgan fingerprint density at radius 1 is 0.600 bits per heavy atom. The molecule has 0 aromatic heterocycles. The number of anilines is 4. The molecule has 4 aromatic carbocycles. The van der Waals surface area contributed by atoms with Crippen LogP contribution in [-0.4, -0.2) is 11.4 Å². The van der Waals surface area contributed by atoms with Crippen molar-refractivity contribution >= 4 is 44.9 Å². The molecule has 2 aliphatic rings. The Hall–Kier alpha value is -4.44. The van der Waals surface area contributed by atoms with Gasteiger partial charge in [0.05, 0.1) is 28.5 Å². The van der Waals surface area contributed by atoms with Crippen molar-refractivity contribution in [1.29, 1.82) is 10.8 Å². The topological polar surface area (TPSA) is 77.0 Å². The molecule has 0 unspecified atom stereocenters. The van der Waals surface area contributed by atoms with E-state index in [-0.39, 0.29) is 16.8 Å². The summed E-state index contributed by atoms with van der Waals surface area (Å²) in [6.07, 6.45) is 6.70. The first-order valence-corrected chi connectivity index (χ1v) is 11.7. The minimum Gasteiger partial charge on any atom is -0.398 e. The van der Waals surface area contributed by atoms with Crippen LogP contribution in [0.5, 0.6) is 0 Å². The number of fused-ring (bicyclic) bond motifs is 3. The standard InChI is InChI=1S/C25H22N2.C6H6N2/c1-25(2)19-11-5-7-13-23(19)27(24-14-8-6-12-20(24)25)22-16-15-21(26)17-9-3-4-10-18(17)22;7-5-3-1-2-4-6(5)8/h3-16H,26H2,1-2H3;1-4,7-8H. The number of nitrogen functional groups attached to an aromatic ring is 1. The van der Waals surface area contributed by atoms with Crippen molar-refractivity contribution in [3.63, 3.8) is 0 Å². The van der Waals surface area contributed by atoms with Gasteiger partial charge < -0.3 is 10.6 Å². The van der Waals surface area contributed by atoms with Gasteiger partial charge in [-0.25, -0.2) is 0 Å². The van der Waals surface area contributed by atoms with E-state index < -0.39 is 0 Å². The highest BCUT2D eigenvalue weighted by molar-refractivity contribution is 6.48. The molecule has 6 rings (SSSR count). The molecule has 0 atom stereocenters. The molecule has 0 amide bonds. The number of hydrogen-bond donors (Lipinski definition) is 3. The van der Waals surface area contributed by atoms with Crippen molar-refractivity contribution in [2.24, 2.45) is 0 Å². The quantitative estimate of drug-likeness (QED) is 0.203. The van der Waals surface area contributed by atoms with E-state index in [1.54, 1.807) is 24.3 Å². The fourth-order valence-electron chi connectivity index (χ4n) is 4.91. The van der Waals surface area contributed by atoms with Gasteiger partial charge in [-0.3, -0.25) is 10.8 Å². The third-order valence-electron chi connectivity index (χ3n) is 6.74. The zero-order chi connectivity index (χ0) is 24.6. The number of nitrogens with two attached hydrogens (primary N) is 1. The largest absolute Gasteiger partial charge is 0.398 e. The SMILES string of the molecule is CC1(C)c2ccccc2N(c2ccc(N)c3ccccc23)c2ccccc21.N=C1C=CC=CC1=N. The minimum atomic E-state index is -0.0483. The van der Waals surface area contributed by atoms with E-state index in [1.807, 2.05) is 12.1 Å². The van der Waals surface area contributed by atoms with Gasteiger partial charge >= 0.3 is 0 Å². The van der Waals surface area contributed by atoms with E-state index in [4.69, 9.17) is 16.6 Å². The van der Waals surface area contributed by atoms with Gasteiger partial charge in [-0.1, -0.05) is 86.7 Å². The second-order valence-corrected chi connectivity index (χ2v) is 9.26. The predicted molar refractivity (Wildman–Crippen MR) is 149 cm³/mol. The molecule has 4 nitrogen and oxygen atoms in total. The van der Waals surface area contributed by atoms with Crippen LogP contribution in [0.3, 0.4) is 0 Å². The zero-order valence-corrected chi connectivity index (χ0v) is 19.9. The number of hydrogen-bond acceptors (Lipinski definition) is 4. The molecule has 0 bridgehead atoms. The minimum absolute atomic E-state index is 0.0483. The van der Waals surface area contributed by atoms with E-state index in [9.17, 15) is 0 Å². The van der Waals surface area contributed by atoms with Gasteiger partial charge in [0.25, 0.3) is 0 Å². The normalized spacial score (nSPS) is 15.3. The number of benzene rings is 4. The lowest BCUT2D eigenvalue weighted by molar-refractivity contribution is 0.632. The van der Waals surface area contributed by atoms with Gasteiger partial charge in [0.2, 0.25) is 0 Å². The van der Waals surface area contributed by atoms with E-state index in [0.717, 1.165) is 16.8 Å². The van der Waals surface area contributed by atoms with Crippen LogP contribution in [0, 0.1) is 10.8 Å². The molecule has 172 valence electrons. The Kier molecular flexibility index (Phi) is 5.58. The Morgan fingerprint density at radius 2 is 1.09 bits per heavy atom. The number of nitrogens with zero attached hydrogens (tertiary/aromatic N) is 1. The second kappa shape index (κ2) is 8.73. The number of para-hydroxylation sites is 2. The van der Waals surface area contributed by atoms with E-state index in [0.29, 0.717) is 0 Å². The highest BCUT2D eigenvalue weighted by Crippen LogP contribution is 2.52. The van der Waals surface area contributed by atoms with Crippen LogP contribution < -0.4 is 10.6 Å². The molecule has 1 aliphatic heterocycles.